The number of fused-ring (bicyclic) bond motifs is 4. The molecular weight excluding hydrogens is 276 g/mol. The molecule has 2 aliphatic heterocycles. The topological polar surface area (TPSA) is 41.6 Å². The summed E-state index contributed by atoms with van der Waals surface area (Å²) < 4.78 is 5.37. The summed E-state index contributed by atoms with van der Waals surface area (Å²) in [6, 6.07) is 12.2. The number of anilines is 2. The van der Waals surface area contributed by atoms with Crippen LogP contribution in [0.2, 0.25) is 0 Å². The number of benzene rings is 2. The molecule has 2 aromatic rings. The molecule has 4 nitrogen and oxygen atoms in total. The number of para-hydroxylation sites is 1. The highest BCUT2D eigenvalue weighted by molar-refractivity contribution is 6.12. The maximum atomic E-state index is 13.1. The normalized spacial score (nSPS) is 18.9. The highest BCUT2D eigenvalue weighted by Crippen LogP contribution is 2.38. The van der Waals surface area contributed by atoms with Crippen LogP contribution in [0.4, 0.5) is 11.4 Å². The predicted octanol–water partition coefficient (Wildman–Crippen LogP) is 3.00. The van der Waals surface area contributed by atoms with E-state index in [0.29, 0.717) is 0 Å². The summed E-state index contributed by atoms with van der Waals surface area (Å²) in [7, 11) is 1.65. The number of carbonyl (C=O) groups is 1. The first-order valence-electron chi connectivity index (χ1n) is 7.53. The van der Waals surface area contributed by atoms with Gasteiger partial charge in [0.05, 0.1) is 24.4 Å². The van der Waals surface area contributed by atoms with Crippen LogP contribution in [0.1, 0.15) is 21.5 Å². The second kappa shape index (κ2) is 4.77. The van der Waals surface area contributed by atoms with Crippen LogP contribution in [-0.2, 0) is 6.42 Å². The van der Waals surface area contributed by atoms with E-state index in [2.05, 4.69) is 11.4 Å². The lowest BCUT2D eigenvalue weighted by Crippen LogP contribution is -2.39. The lowest BCUT2D eigenvalue weighted by Gasteiger charge is -2.22. The molecule has 0 bridgehead atoms. The third-order valence-electron chi connectivity index (χ3n) is 4.58. The van der Waals surface area contributed by atoms with Gasteiger partial charge in [0, 0.05) is 18.3 Å². The van der Waals surface area contributed by atoms with Gasteiger partial charge in [-0.1, -0.05) is 18.2 Å². The Labute approximate surface area is 129 Å². The number of hydrogen-bond donors (Lipinski definition) is 1. The molecule has 0 saturated carbocycles. The van der Waals surface area contributed by atoms with Crippen LogP contribution in [0.15, 0.2) is 36.4 Å². The highest BCUT2D eigenvalue weighted by atomic mass is 16.5. The zero-order valence-electron chi connectivity index (χ0n) is 12.7. The van der Waals surface area contributed by atoms with Crippen LogP contribution >= 0.6 is 0 Å². The van der Waals surface area contributed by atoms with Gasteiger partial charge in [0.25, 0.3) is 5.91 Å². The molecular formula is C18H18N2O2. The van der Waals surface area contributed by atoms with Crippen molar-refractivity contribution in [1.29, 1.82) is 0 Å². The smallest absolute Gasteiger partial charge is 0.260 e. The standard InChI is InChI=1S/C18H18N2O2/c1-11-7-14-15(9-17(11)22-2)19-10-13-8-12-5-3-4-6-16(12)20(13)18(14)21/h3-7,9,13,19H,8,10H2,1-2H3/t13-/m0/s1. The van der Waals surface area contributed by atoms with Crippen molar-refractivity contribution in [2.45, 2.75) is 19.4 Å². The van der Waals surface area contributed by atoms with Crippen molar-refractivity contribution in [3.05, 3.63) is 53.1 Å². The van der Waals surface area contributed by atoms with E-state index in [9.17, 15) is 4.79 Å². The van der Waals surface area contributed by atoms with Crippen molar-refractivity contribution >= 4 is 17.3 Å². The van der Waals surface area contributed by atoms with Gasteiger partial charge in [0.2, 0.25) is 0 Å². The molecule has 112 valence electrons. The molecule has 0 radical (unpaired) electrons. The van der Waals surface area contributed by atoms with Gasteiger partial charge in [-0.25, -0.2) is 0 Å². The number of ether oxygens (including phenoxy) is 1. The molecule has 22 heavy (non-hydrogen) atoms. The number of carbonyl (C=O) groups excluding carboxylic acids is 1. The number of aryl methyl sites for hydroxylation is 1. The van der Waals surface area contributed by atoms with Gasteiger partial charge >= 0.3 is 0 Å². The minimum atomic E-state index is 0.0701. The quantitative estimate of drug-likeness (QED) is 0.879. The van der Waals surface area contributed by atoms with Gasteiger partial charge in [-0.2, -0.15) is 0 Å². The number of hydrogen-bond acceptors (Lipinski definition) is 3. The highest BCUT2D eigenvalue weighted by Gasteiger charge is 2.37. The van der Waals surface area contributed by atoms with Gasteiger partial charge in [0.15, 0.2) is 0 Å². The van der Waals surface area contributed by atoms with Gasteiger partial charge in [0.1, 0.15) is 5.75 Å². The largest absolute Gasteiger partial charge is 0.496 e. The van der Waals surface area contributed by atoms with E-state index in [1.165, 1.54) is 5.56 Å². The zero-order chi connectivity index (χ0) is 15.3. The molecule has 0 saturated heterocycles. The third-order valence-corrected chi connectivity index (χ3v) is 4.58. The van der Waals surface area contributed by atoms with Crippen LogP contribution < -0.4 is 15.0 Å². The predicted molar refractivity (Wildman–Crippen MR) is 87.0 cm³/mol. The van der Waals surface area contributed by atoms with Crippen molar-refractivity contribution in [2.75, 3.05) is 23.9 Å². The second-order valence-electron chi connectivity index (χ2n) is 5.91. The first-order valence-corrected chi connectivity index (χ1v) is 7.53. The molecule has 0 fully saturated rings. The molecule has 4 heteroatoms. The summed E-state index contributed by atoms with van der Waals surface area (Å²) in [5.74, 6) is 0.877. The van der Waals surface area contributed by atoms with E-state index in [1.807, 2.05) is 42.2 Å². The molecule has 0 aliphatic carbocycles. The number of nitrogens with zero attached hydrogens (tertiary/aromatic N) is 1. The Morgan fingerprint density at radius 1 is 1.27 bits per heavy atom. The Bertz CT molecular complexity index is 770. The summed E-state index contributed by atoms with van der Waals surface area (Å²) in [6.07, 6.45) is 0.902. The number of rotatable bonds is 1. The van der Waals surface area contributed by atoms with Crippen molar-refractivity contribution in [3.63, 3.8) is 0 Å². The SMILES string of the molecule is COc1cc2c(cc1C)C(=O)N1c3ccccc3C[C@H]1CN2. The fourth-order valence-electron chi connectivity index (χ4n) is 3.49. The molecule has 0 aromatic heterocycles. The lowest BCUT2D eigenvalue weighted by atomic mass is 10.1. The Morgan fingerprint density at radius 2 is 2.09 bits per heavy atom. The minimum absolute atomic E-state index is 0.0701. The molecule has 0 unspecified atom stereocenters. The van der Waals surface area contributed by atoms with E-state index in [0.717, 1.165) is 41.2 Å². The van der Waals surface area contributed by atoms with Crippen LogP contribution in [-0.4, -0.2) is 25.6 Å². The van der Waals surface area contributed by atoms with E-state index in [-0.39, 0.29) is 11.9 Å². The summed E-state index contributed by atoms with van der Waals surface area (Å²) >= 11 is 0. The van der Waals surface area contributed by atoms with E-state index >= 15 is 0 Å². The Hall–Kier alpha value is -2.49. The van der Waals surface area contributed by atoms with Gasteiger partial charge < -0.3 is 15.0 Å². The summed E-state index contributed by atoms with van der Waals surface area (Å²) in [5.41, 5.74) is 4.84. The monoisotopic (exact) mass is 294 g/mol. The lowest BCUT2D eigenvalue weighted by molar-refractivity contribution is 0.0983. The molecule has 2 aromatic carbocycles. The third kappa shape index (κ3) is 1.80. The van der Waals surface area contributed by atoms with Crippen LogP contribution in [0.3, 0.4) is 0 Å². The average Bonchev–Trinajstić information content (AvgIpc) is 2.85. The molecule has 2 aliphatic rings. The van der Waals surface area contributed by atoms with Gasteiger partial charge in [-0.05, 0) is 36.6 Å². The number of amides is 1. The van der Waals surface area contributed by atoms with Crippen molar-refractivity contribution in [1.82, 2.24) is 0 Å². The van der Waals surface area contributed by atoms with Gasteiger partial charge in [-0.15, -0.1) is 0 Å². The van der Waals surface area contributed by atoms with Crippen LogP contribution in [0.25, 0.3) is 0 Å². The Balaban J connectivity index is 1.84. The van der Waals surface area contributed by atoms with Crippen LogP contribution in [0.5, 0.6) is 5.75 Å². The van der Waals surface area contributed by atoms with Crippen molar-refractivity contribution in [3.8, 4) is 5.75 Å². The Kier molecular flexibility index (Phi) is 2.86. The average molecular weight is 294 g/mol. The second-order valence-corrected chi connectivity index (χ2v) is 5.91. The van der Waals surface area contributed by atoms with Crippen molar-refractivity contribution < 1.29 is 9.53 Å². The molecule has 1 atom stereocenters. The summed E-state index contributed by atoms with van der Waals surface area (Å²) in [4.78, 5) is 15.0. The number of methoxy groups -OCH3 is 1. The minimum Gasteiger partial charge on any atom is -0.496 e. The van der Waals surface area contributed by atoms with Crippen molar-refractivity contribution in [2.24, 2.45) is 0 Å². The molecule has 2 heterocycles. The Morgan fingerprint density at radius 3 is 2.91 bits per heavy atom. The fraction of sp³-hybridized carbons (Fsp3) is 0.278. The first-order chi connectivity index (χ1) is 10.7. The molecule has 0 spiro atoms. The van der Waals surface area contributed by atoms with E-state index < -0.39 is 0 Å². The molecule has 4 rings (SSSR count). The maximum absolute atomic E-state index is 13.1. The van der Waals surface area contributed by atoms with Crippen LogP contribution in [0, 0.1) is 6.92 Å². The van der Waals surface area contributed by atoms with Gasteiger partial charge in [-0.3, -0.25) is 4.79 Å². The summed E-state index contributed by atoms with van der Waals surface area (Å²) in [6.45, 7) is 2.71. The van der Waals surface area contributed by atoms with E-state index in [1.54, 1.807) is 7.11 Å². The summed E-state index contributed by atoms with van der Waals surface area (Å²) in [5, 5.41) is 3.42. The number of nitrogens with one attached hydrogen (secondary N) is 1. The maximum Gasteiger partial charge on any atom is 0.260 e. The molecule has 1 N–H and O–H groups in total. The fourth-order valence-corrected chi connectivity index (χ4v) is 3.49. The zero-order valence-corrected chi connectivity index (χ0v) is 12.7. The molecule has 1 amide bonds. The first kappa shape index (κ1) is 13.2. The van der Waals surface area contributed by atoms with E-state index in [4.69, 9.17) is 4.74 Å².